The lowest BCUT2D eigenvalue weighted by molar-refractivity contribution is 0.0654. The van der Waals surface area contributed by atoms with Crippen molar-refractivity contribution in [1.82, 2.24) is 9.80 Å². The maximum Gasteiger partial charge on any atom is 0.0700 e. The van der Waals surface area contributed by atoms with Crippen LogP contribution in [0.5, 0.6) is 0 Å². The summed E-state index contributed by atoms with van der Waals surface area (Å²) in [5, 5.41) is 0. The SMILES string of the molecule is COCCOCCCN1CCCN(CCCl)CC1. The van der Waals surface area contributed by atoms with Crippen LogP contribution < -0.4 is 0 Å². The Kier molecular flexibility index (Phi) is 9.89. The second-order valence-electron chi connectivity index (χ2n) is 4.68. The molecule has 1 aliphatic heterocycles. The van der Waals surface area contributed by atoms with Crippen LogP contribution in [0.25, 0.3) is 0 Å². The van der Waals surface area contributed by atoms with Crippen LogP contribution in [0.4, 0.5) is 0 Å². The van der Waals surface area contributed by atoms with Gasteiger partial charge >= 0.3 is 0 Å². The van der Waals surface area contributed by atoms with E-state index in [0.717, 1.165) is 45.1 Å². The number of hydrogen-bond donors (Lipinski definition) is 0. The first-order valence-electron chi connectivity index (χ1n) is 6.94. The van der Waals surface area contributed by atoms with Crippen molar-refractivity contribution in [3.63, 3.8) is 0 Å². The molecule has 1 rings (SSSR count). The fourth-order valence-corrected chi connectivity index (χ4v) is 2.46. The van der Waals surface area contributed by atoms with E-state index in [-0.39, 0.29) is 0 Å². The van der Waals surface area contributed by atoms with Gasteiger partial charge in [0.25, 0.3) is 0 Å². The highest BCUT2D eigenvalue weighted by molar-refractivity contribution is 6.18. The zero-order valence-electron chi connectivity index (χ0n) is 11.6. The molecule has 18 heavy (non-hydrogen) atoms. The van der Waals surface area contributed by atoms with E-state index < -0.39 is 0 Å². The first kappa shape index (κ1) is 16.2. The minimum Gasteiger partial charge on any atom is -0.382 e. The van der Waals surface area contributed by atoms with Crippen molar-refractivity contribution in [3.05, 3.63) is 0 Å². The Morgan fingerprint density at radius 1 is 0.944 bits per heavy atom. The largest absolute Gasteiger partial charge is 0.382 e. The molecule has 0 atom stereocenters. The van der Waals surface area contributed by atoms with Crippen molar-refractivity contribution in [3.8, 4) is 0 Å². The highest BCUT2D eigenvalue weighted by atomic mass is 35.5. The summed E-state index contributed by atoms with van der Waals surface area (Å²) >= 11 is 5.79. The van der Waals surface area contributed by atoms with E-state index in [1.54, 1.807) is 7.11 Å². The molecule has 0 unspecified atom stereocenters. The van der Waals surface area contributed by atoms with Gasteiger partial charge in [-0.15, -0.1) is 11.6 Å². The summed E-state index contributed by atoms with van der Waals surface area (Å²) in [6.07, 6.45) is 2.36. The average molecular weight is 279 g/mol. The van der Waals surface area contributed by atoms with Crippen LogP contribution in [-0.4, -0.2) is 81.9 Å². The molecule has 0 N–H and O–H groups in total. The summed E-state index contributed by atoms with van der Waals surface area (Å²) < 4.78 is 10.4. The molecule has 0 radical (unpaired) electrons. The number of rotatable bonds is 9. The highest BCUT2D eigenvalue weighted by Crippen LogP contribution is 2.04. The summed E-state index contributed by atoms with van der Waals surface area (Å²) in [5.41, 5.74) is 0. The molecule has 0 aromatic rings. The third-order valence-electron chi connectivity index (χ3n) is 3.28. The number of nitrogens with zero attached hydrogens (tertiary/aromatic N) is 2. The summed E-state index contributed by atoms with van der Waals surface area (Å²) in [6, 6.07) is 0. The van der Waals surface area contributed by atoms with Crippen LogP contribution >= 0.6 is 11.6 Å². The van der Waals surface area contributed by atoms with Gasteiger partial charge in [0.05, 0.1) is 13.2 Å². The molecule has 1 heterocycles. The lowest BCUT2D eigenvalue weighted by Crippen LogP contribution is -2.32. The van der Waals surface area contributed by atoms with Crippen molar-refractivity contribution < 1.29 is 9.47 Å². The quantitative estimate of drug-likeness (QED) is 0.469. The zero-order chi connectivity index (χ0) is 13.1. The second-order valence-corrected chi connectivity index (χ2v) is 5.06. The average Bonchev–Trinajstić information content (AvgIpc) is 2.60. The predicted octanol–water partition coefficient (Wildman–Crippen LogP) is 1.29. The Morgan fingerprint density at radius 2 is 1.67 bits per heavy atom. The monoisotopic (exact) mass is 278 g/mol. The van der Waals surface area contributed by atoms with Crippen molar-refractivity contribution in [2.24, 2.45) is 0 Å². The van der Waals surface area contributed by atoms with Crippen molar-refractivity contribution >= 4 is 11.6 Å². The molecule has 0 amide bonds. The Bertz CT molecular complexity index is 196. The maximum absolute atomic E-state index is 5.79. The smallest absolute Gasteiger partial charge is 0.0700 e. The van der Waals surface area contributed by atoms with Gasteiger partial charge in [0.1, 0.15) is 0 Å². The summed E-state index contributed by atoms with van der Waals surface area (Å²) in [6.45, 7) is 9.11. The van der Waals surface area contributed by atoms with Gasteiger partial charge in [0, 0.05) is 45.8 Å². The van der Waals surface area contributed by atoms with Crippen LogP contribution in [0.3, 0.4) is 0 Å². The molecule has 1 fully saturated rings. The Hall–Kier alpha value is 0.130. The van der Waals surface area contributed by atoms with Crippen molar-refractivity contribution in [2.75, 3.05) is 72.1 Å². The van der Waals surface area contributed by atoms with E-state index in [4.69, 9.17) is 21.1 Å². The van der Waals surface area contributed by atoms with Crippen LogP contribution in [0.15, 0.2) is 0 Å². The van der Waals surface area contributed by atoms with Gasteiger partial charge in [-0.1, -0.05) is 0 Å². The molecule has 4 nitrogen and oxygen atoms in total. The van der Waals surface area contributed by atoms with Gasteiger partial charge in [-0.3, -0.25) is 0 Å². The van der Waals surface area contributed by atoms with Crippen molar-refractivity contribution in [2.45, 2.75) is 12.8 Å². The number of ether oxygens (including phenoxy) is 2. The minimum absolute atomic E-state index is 0.692. The van der Waals surface area contributed by atoms with E-state index >= 15 is 0 Å². The third-order valence-corrected chi connectivity index (χ3v) is 3.45. The molecule has 1 saturated heterocycles. The Morgan fingerprint density at radius 3 is 2.33 bits per heavy atom. The molecule has 0 aromatic heterocycles. The van der Waals surface area contributed by atoms with Crippen molar-refractivity contribution in [1.29, 1.82) is 0 Å². The molecule has 0 aromatic carbocycles. The van der Waals surface area contributed by atoms with Gasteiger partial charge in [-0.2, -0.15) is 0 Å². The fourth-order valence-electron chi connectivity index (χ4n) is 2.23. The molecule has 0 spiro atoms. The lowest BCUT2D eigenvalue weighted by Gasteiger charge is -2.21. The predicted molar refractivity (Wildman–Crippen MR) is 75.5 cm³/mol. The number of alkyl halides is 1. The first-order valence-corrected chi connectivity index (χ1v) is 7.47. The van der Waals surface area contributed by atoms with E-state index in [9.17, 15) is 0 Å². The topological polar surface area (TPSA) is 24.9 Å². The van der Waals surface area contributed by atoms with Crippen LogP contribution in [-0.2, 0) is 9.47 Å². The lowest BCUT2D eigenvalue weighted by atomic mass is 10.3. The first-order chi connectivity index (χ1) is 8.86. The van der Waals surface area contributed by atoms with E-state index in [2.05, 4.69) is 9.80 Å². The molecule has 108 valence electrons. The second kappa shape index (κ2) is 11.0. The molecule has 0 bridgehead atoms. The summed E-state index contributed by atoms with van der Waals surface area (Å²) in [4.78, 5) is 5.00. The van der Waals surface area contributed by atoms with Gasteiger partial charge in [-0.05, 0) is 25.9 Å². The van der Waals surface area contributed by atoms with Crippen LogP contribution in [0, 0.1) is 0 Å². The zero-order valence-corrected chi connectivity index (χ0v) is 12.3. The standard InChI is InChI=1S/C13H27ClN2O2/c1-17-12-13-18-11-3-7-15-5-2-6-16(8-4-14)10-9-15/h2-13H2,1H3. The molecular formula is C13H27ClN2O2. The van der Waals surface area contributed by atoms with Gasteiger partial charge in [0.15, 0.2) is 0 Å². The van der Waals surface area contributed by atoms with Crippen LogP contribution in [0.2, 0.25) is 0 Å². The van der Waals surface area contributed by atoms with E-state index in [1.165, 1.54) is 19.5 Å². The number of methoxy groups -OCH3 is 1. The summed E-state index contributed by atoms with van der Waals surface area (Å²) in [7, 11) is 1.70. The minimum atomic E-state index is 0.692. The third kappa shape index (κ3) is 7.54. The Balaban J connectivity index is 2.01. The summed E-state index contributed by atoms with van der Waals surface area (Å²) in [5.74, 6) is 0.743. The normalized spacial score (nSPS) is 19.0. The maximum atomic E-state index is 5.79. The van der Waals surface area contributed by atoms with Gasteiger partial charge in [-0.25, -0.2) is 0 Å². The molecule has 5 heteroatoms. The van der Waals surface area contributed by atoms with E-state index in [0.29, 0.717) is 13.2 Å². The fraction of sp³-hybridized carbons (Fsp3) is 1.00. The Labute approximate surface area is 116 Å². The number of hydrogen-bond acceptors (Lipinski definition) is 4. The highest BCUT2D eigenvalue weighted by Gasteiger charge is 2.13. The molecule has 0 aliphatic carbocycles. The van der Waals surface area contributed by atoms with E-state index in [1.807, 2.05) is 0 Å². The van der Waals surface area contributed by atoms with Gasteiger partial charge in [0.2, 0.25) is 0 Å². The van der Waals surface area contributed by atoms with Gasteiger partial charge < -0.3 is 19.3 Å². The molecular weight excluding hydrogens is 252 g/mol. The van der Waals surface area contributed by atoms with Crippen LogP contribution in [0.1, 0.15) is 12.8 Å². The molecule has 1 aliphatic rings. The number of halogens is 1. The molecule has 0 saturated carbocycles.